The maximum absolute atomic E-state index is 14.0. The predicted molar refractivity (Wildman–Crippen MR) is 98.3 cm³/mol. The summed E-state index contributed by atoms with van der Waals surface area (Å²) in [5, 5.41) is 0. The Labute approximate surface area is 158 Å². The molecule has 0 saturated carbocycles. The van der Waals surface area contributed by atoms with Crippen LogP contribution in [0.3, 0.4) is 0 Å². The summed E-state index contributed by atoms with van der Waals surface area (Å²) in [7, 11) is 5.51. The molecule has 148 valence electrons. The van der Waals surface area contributed by atoms with E-state index in [0.717, 1.165) is 37.6 Å². The highest BCUT2D eigenvalue weighted by Crippen LogP contribution is 2.45. The lowest BCUT2D eigenvalue weighted by atomic mass is 9.66. The zero-order chi connectivity index (χ0) is 19.8. The summed E-state index contributed by atoms with van der Waals surface area (Å²) in [5.74, 6) is -1.73. The molecule has 0 aromatic heterocycles. The van der Waals surface area contributed by atoms with Crippen LogP contribution in [-0.2, 0) is 4.79 Å². The Bertz CT molecular complexity index is 730. The lowest BCUT2D eigenvalue weighted by Crippen LogP contribution is -2.61. The zero-order valence-corrected chi connectivity index (χ0v) is 16.2. The summed E-state index contributed by atoms with van der Waals surface area (Å²) in [5.41, 5.74) is -0.404. The fourth-order valence-corrected chi connectivity index (χ4v) is 4.62. The van der Waals surface area contributed by atoms with Gasteiger partial charge in [-0.15, -0.1) is 0 Å². The molecular formula is C20H27F2N3O2. The molecule has 1 unspecified atom stereocenters. The summed E-state index contributed by atoms with van der Waals surface area (Å²) < 4.78 is 27.4. The van der Waals surface area contributed by atoms with Crippen molar-refractivity contribution in [3.05, 3.63) is 35.4 Å². The van der Waals surface area contributed by atoms with Crippen LogP contribution < -0.4 is 0 Å². The second-order valence-corrected chi connectivity index (χ2v) is 8.00. The highest BCUT2D eigenvalue weighted by Gasteiger charge is 2.49. The highest BCUT2D eigenvalue weighted by atomic mass is 19.1. The van der Waals surface area contributed by atoms with Gasteiger partial charge in [0.1, 0.15) is 11.6 Å². The molecular weight excluding hydrogens is 352 g/mol. The van der Waals surface area contributed by atoms with E-state index in [1.54, 1.807) is 23.9 Å². The average molecular weight is 379 g/mol. The van der Waals surface area contributed by atoms with Gasteiger partial charge in [0, 0.05) is 27.2 Å². The molecule has 5 nitrogen and oxygen atoms in total. The minimum atomic E-state index is -0.709. The monoisotopic (exact) mass is 379 g/mol. The lowest BCUT2D eigenvalue weighted by molar-refractivity contribution is -0.144. The molecule has 1 aromatic carbocycles. The molecule has 2 heterocycles. The fraction of sp³-hybridized carbons (Fsp3) is 0.600. The van der Waals surface area contributed by atoms with Crippen LogP contribution in [0, 0.1) is 17.0 Å². The number of benzene rings is 1. The third kappa shape index (κ3) is 3.70. The molecule has 0 radical (unpaired) electrons. The van der Waals surface area contributed by atoms with Crippen molar-refractivity contribution in [3.63, 3.8) is 0 Å². The summed E-state index contributed by atoms with van der Waals surface area (Å²) in [6, 6.07) is 2.74. The van der Waals surface area contributed by atoms with Gasteiger partial charge in [0.2, 0.25) is 5.91 Å². The molecule has 0 N–H and O–H groups in total. The molecule has 2 fully saturated rings. The number of likely N-dealkylation sites (N-methyl/N-ethyl adjacent to an activating group) is 2. The number of hydrogen-bond acceptors (Lipinski definition) is 3. The van der Waals surface area contributed by atoms with Gasteiger partial charge in [-0.25, -0.2) is 8.78 Å². The van der Waals surface area contributed by atoms with Gasteiger partial charge in [0.25, 0.3) is 5.91 Å². The van der Waals surface area contributed by atoms with E-state index >= 15 is 0 Å². The molecule has 27 heavy (non-hydrogen) atoms. The molecule has 0 bridgehead atoms. The summed E-state index contributed by atoms with van der Waals surface area (Å²) in [4.78, 5) is 30.8. The van der Waals surface area contributed by atoms with E-state index in [1.165, 1.54) is 0 Å². The Kier molecular flexibility index (Phi) is 5.51. The molecule has 3 rings (SSSR count). The van der Waals surface area contributed by atoms with E-state index in [0.29, 0.717) is 25.9 Å². The van der Waals surface area contributed by atoms with E-state index < -0.39 is 17.5 Å². The molecule has 7 heteroatoms. The molecule has 2 aliphatic heterocycles. The number of likely N-dealkylation sites (tertiary alicyclic amines) is 2. The van der Waals surface area contributed by atoms with E-state index in [2.05, 4.69) is 4.90 Å². The number of hydrogen-bond donors (Lipinski definition) is 0. The summed E-state index contributed by atoms with van der Waals surface area (Å²) in [6.45, 7) is 1.77. The van der Waals surface area contributed by atoms with E-state index in [-0.39, 0.29) is 22.9 Å². The molecule has 1 atom stereocenters. The quantitative estimate of drug-likeness (QED) is 0.793. The van der Waals surface area contributed by atoms with Gasteiger partial charge < -0.3 is 9.80 Å². The van der Waals surface area contributed by atoms with Crippen LogP contribution in [0.15, 0.2) is 18.2 Å². The fourth-order valence-electron chi connectivity index (χ4n) is 4.62. The van der Waals surface area contributed by atoms with E-state index in [9.17, 15) is 18.4 Å². The van der Waals surface area contributed by atoms with Gasteiger partial charge in [-0.05, 0) is 62.9 Å². The zero-order valence-electron chi connectivity index (χ0n) is 16.2. The van der Waals surface area contributed by atoms with Crippen LogP contribution in [0.2, 0.25) is 0 Å². The Balaban J connectivity index is 1.77. The molecule has 2 saturated heterocycles. The van der Waals surface area contributed by atoms with Crippen LogP contribution in [-0.4, -0.2) is 73.3 Å². The largest absolute Gasteiger partial charge is 0.347 e. The number of halogens is 2. The first-order valence-corrected chi connectivity index (χ1v) is 9.41. The van der Waals surface area contributed by atoms with Crippen LogP contribution >= 0.6 is 0 Å². The van der Waals surface area contributed by atoms with Crippen molar-refractivity contribution in [1.29, 1.82) is 0 Å². The van der Waals surface area contributed by atoms with E-state index in [4.69, 9.17) is 0 Å². The van der Waals surface area contributed by atoms with Gasteiger partial charge in [-0.1, -0.05) is 0 Å². The number of carbonyl (C=O) groups excluding carboxylic acids is 2. The van der Waals surface area contributed by atoms with Crippen molar-refractivity contribution in [3.8, 4) is 0 Å². The maximum Gasteiger partial charge on any atom is 0.256 e. The second-order valence-electron chi connectivity index (χ2n) is 8.00. The minimum Gasteiger partial charge on any atom is -0.347 e. The van der Waals surface area contributed by atoms with Crippen molar-refractivity contribution >= 4 is 11.8 Å². The Morgan fingerprint density at radius 1 is 1.11 bits per heavy atom. The molecule has 2 aliphatic rings. The van der Waals surface area contributed by atoms with Crippen LogP contribution in [0.1, 0.15) is 36.0 Å². The number of carbonyl (C=O) groups is 2. The standard InChI is InChI=1S/C20H27F2N3O2/c1-23(2)19(27)17-20(7-4-10-24(17)3)8-11-25(12-9-20)18(26)15-13-14(21)5-6-16(15)22/h5-6,13,17H,4,7-12H2,1-3H3. The number of piperidine rings is 2. The van der Waals surface area contributed by atoms with Crippen molar-refractivity contribution in [2.45, 2.75) is 31.7 Å². The van der Waals surface area contributed by atoms with Crippen molar-refractivity contribution < 1.29 is 18.4 Å². The third-order valence-corrected chi connectivity index (χ3v) is 6.09. The van der Waals surface area contributed by atoms with Gasteiger partial charge in [0.05, 0.1) is 11.6 Å². The van der Waals surface area contributed by atoms with Gasteiger partial charge in [-0.3, -0.25) is 14.5 Å². The SMILES string of the molecule is CN(C)C(=O)C1N(C)CCCC12CCN(C(=O)c1cc(F)ccc1F)CC2. The van der Waals surface area contributed by atoms with Crippen molar-refractivity contribution in [2.24, 2.45) is 5.41 Å². The van der Waals surface area contributed by atoms with Crippen molar-refractivity contribution in [2.75, 3.05) is 40.8 Å². The maximum atomic E-state index is 14.0. The first-order valence-electron chi connectivity index (χ1n) is 9.41. The molecule has 0 aliphatic carbocycles. The van der Waals surface area contributed by atoms with Crippen LogP contribution in [0.5, 0.6) is 0 Å². The molecule has 2 amide bonds. The molecule has 1 spiro atoms. The topological polar surface area (TPSA) is 43.9 Å². The Morgan fingerprint density at radius 3 is 2.41 bits per heavy atom. The van der Waals surface area contributed by atoms with Crippen LogP contribution in [0.4, 0.5) is 8.78 Å². The summed E-state index contributed by atoms with van der Waals surface area (Å²) >= 11 is 0. The minimum absolute atomic E-state index is 0.0909. The van der Waals surface area contributed by atoms with Gasteiger partial charge >= 0.3 is 0 Å². The average Bonchev–Trinajstić information content (AvgIpc) is 2.63. The smallest absolute Gasteiger partial charge is 0.256 e. The molecule has 1 aromatic rings. The Morgan fingerprint density at radius 2 is 1.78 bits per heavy atom. The second kappa shape index (κ2) is 7.54. The summed E-state index contributed by atoms with van der Waals surface area (Å²) in [6.07, 6.45) is 3.33. The first-order chi connectivity index (χ1) is 12.7. The number of nitrogens with zero attached hydrogens (tertiary/aromatic N) is 3. The van der Waals surface area contributed by atoms with Gasteiger partial charge in [-0.2, -0.15) is 0 Å². The number of amides is 2. The van der Waals surface area contributed by atoms with Crippen LogP contribution in [0.25, 0.3) is 0 Å². The Hall–Kier alpha value is -2.02. The van der Waals surface area contributed by atoms with Gasteiger partial charge in [0.15, 0.2) is 0 Å². The highest BCUT2D eigenvalue weighted by molar-refractivity contribution is 5.94. The third-order valence-electron chi connectivity index (χ3n) is 6.09. The van der Waals surface area contributed by atoms with E-state index in [1.807, 2.05) is 7.05 Å². The normalized spacial score (nSPS) is 22.7. The van der Waals surface area contributed by atoms with Crippen molar-refractivity contribution in [1.82, 2.24) is 14.7 Å². The predicted octanol–water partition coefficient (Wildman–Crippen LogP) is 2.37. The lowest BCUT2D eigenvalue weighted by Gasteiger charge is -2.52. The first kappa shape index (κ1) is 19.7. The number of rotatable bonds is 2.